The Morgan fingerprint density at radius 3 is 2.73 bits per heavy atom. The van der Waals surface area contributed by atoms with E-state index in [4.69, 9.17) is 0 Å². The molecule has 0 radical (unpaired) electrons. The zero-order valence-corrected chi connectivity index (χ0v) is 13.3. The molecule has 3 rings (SSSR count). The first kappa shape index (κ1) is 14.6. The third-order valence-corrected chi connectivity index (χ3v) is 4.23. The summed E-state index contributed by atoms with van der Waals surface area (Å²) in [6.07, 6.45) is 1.97. The zero-order chi connectivity index (χ0) is 15.5. The summed E-state index contributed by atoms with van der Waals surface area (Å²) in [5, 5.41) is 3.97. The summed E-state index contributed by atoms with van der Waals surface area (Å²) in [7, 11) is 0. The highest BCUT2D eigenvalue weighted by atomic mass is 32.2. The smallest absolute Gasteiger partial charge is 0.256 e. The van der Waals surface area contributed by atoms with E-state index in [1.54, 1.807) is 11.8 Å². The van der Waals surface area contributed by atoms with Crippen molar-refractivity contribution in [1.82, 2.24) is 4.98 Å². The molecule has 1 N–H and O–H groups in total. The lowest BCUT2D eigenvalue weighted by Gasteiger charge is -2.09. The highest BCUT2D eigenvalue weighted by molar-refractivity contribution is 7.98. The Labute approximate surface area is 133 Å². The van der Waals surface area contributed by atoms with Crippen molar-refractivity contribution in [2.24, 2.45) is 0 Å². The Balaban J connectivity index is 1.89. The van der Waals surface area contributed by atoms with Crippen LogP contribution >= 0.6 is 11.8 Å². The number of nitrogens with zero attached hydrogens (tertiary/aromatic N) is 1. The van der Waals surface area contributed by atoms with E-state index in [1.807, 2.05) is 67.8 Å². The van der Waals surface area contributed by atoms with E-state index in [9.17, 15) is 4.79 Å². The lowest BCUT2D eigenvalue weighted by atomic mass is 10.1. The number of carbonyl (C=O) groups excluding carboxylic acids is 1. The van der Waals surface area contributed by atoms with Gasteiger partial charge in [0.2, 0.25) is 0 Å². The monoisotopic (exact) mass is 308 g/mol. The first-order valence-electron chi connectivity index (χ1n) is 6.99. The fourth-order valence-electron chi connectivity index (χ4n) is 2.34. The minimum Gasteiger partial charge on any atom is -0.322 e. The summed E-state index contributed by atoms with van der Waals surface area (Å²) in [5.41, 5.74) is 3.39. The summed E-state index contributed by atoms with van der Waals surface area (Å²) < 4.78 is 0. The van der Waals surface area contributed by atoms with Gasteiger partial charge in [0.25, 0.3) is 5.91 Å². The summed E-state index contributed by atoms with van der Waals surface area (Å²) in [6, 6.07) is 17.3. The number of rotatable bonds is 3. The maximum absolute atomic E-state index is 12.4. The van der Waals surface area contributed by atoms with E-state index in [1.165, 1.54) is 0 Å². The molecule has 0 aliphatic rings. The van der Waals surface area contributed by atoms with Gasteiger partial charge in [-0.3, -0.25) is 9.78 Å². The average Bonchev–Trinajstić information content (AvgIpc) is 2.55. The molecular formula is C18H16N2OS. The summed E-state index contributed by atoms with van der Waals surface area (Å²) >= 11 is 1.57. The van der Waals surface area contributed by atoms with Gasteiger partial charge >= 0.3 is 0 Å². The number of hydrogen-bond donors (Lipinski definition) is 1. The number of fused-ring (bicyclic) bond motifs is 1. The van der Waals surface area contributed by atoms with Gasteiger partial charge in [0.05, 0.1) is 11.1 Å². The molecule has 1 amide bonds. The average molecular weight is 308 g/mol. The van der Waals surface area contributed by atoms with Crippen molar-refractivity contribution in [3.8, 4) is 0 Å². The molecule has 0 saturated carbocycles. The van der Waals surface area contributed by atoms with Crippen LogP contribution in [0.25, 0.3) is 10.9 Å². The van der Waals surface area contributed by atoms with Gasteiger partial charge < -0.3 is 5.32 Å². The number of hydrogen-bond acceptors (Lipinski definition) is 3. The van der Waals surface area contributed by atoms with E-state index in [2.05, 4.69) is 10.3 Å². The van der Waals surface area contributed by atoms with Crippen LogP contribution in [0.3, 0.4) is 0 Å². The van der Waals surface area contributed by atoms with Gasteiger partial charge in [-0.1, -0.05) is 18.2 Å². The second-order valence-corrected chi connectivity index (χ2v) is 5.86. The van der Waals surface area contributed by atoms with E-state index >= 15 is 0 Å². The van der Waals surface area contributed by atoms with Crippen LogP contribution in [0.5, 0.6) is 0 Å². The first-order valence-corrected chi connectivity index (χ1v) is 8.21. The minimum absolute atomic E-state index is 0.0932. The van der Waals surface area contributed by atoms with Crippen LogP contribution in [0.15, 0.2) is 59.5 Å². The fourth-order valence-corrected chi connectivity index (χ4v) is 2.93. The van der Waals surface area contributed by atoms with Crippen molar-refractivity contribution in [3.63, 3.8) is 0 Å². The lowest BCUT2D eigenvalue weighted by molar-refractivity contribution is 0.102. The van der Waals surface area contributed by atoms with E-state index in [0.29, 0.717) is 5.56 Å². The molecule has 0 bridgehead atoms. The molecule has 0 spiro atoms. The van der Waals surface area contributed by atoms with Gasteiger partial charge in [-0.05, 0) is 49.6 Å². The molecule has 1 aromatic heterocycles. The number of pyridine rings is 1. The van der Waals surface area contributed by atoms with Crippen LogP contribution in [-0.4, -0.2) is 17.1 Å². The molecule has 0 fully saturated rings. The third-order valence-electron chi connectivity index (χ3n) is 3.44. The predicted molar refractivity (Wildman–Crippen MR) is 92.7 cm³/mol. The van der Waals surface area contributed by atoms with Crippen LogP contribution in [0, 0.1) is 6.92 Å². The van der Waals surface area contributed by atoms with Gasteiger partial charge in [-0.2, -0.15) is 0 Å². The molecule has 3 aromatic rings. The Morgan fingerprint density at radius 2 is 1.91 bits per heavy atom. The van der Waals surface area contributed by atoms with Crippen molar-refractivity contribution in [2.75, 3.05) is 11.6 Å². The van der Waals surface area contributed by atoms with Crippen molar-refractivity contribution in [2.45, 2.75) is 11.8 Å². The number of nitrogens with one attached hydrogen (secondary N) is 1. The molecule has 22 heavy (non-hydrogen) atoms. The van der Waals surface area contributed by atoms with Crippen LogP contribution in [0.1, 0.15) is 16.1 Å². The van der Waals surface area contributed by atoms with Crippen molar-refractivity contribution < 1.29 is 4.79 Å². The Kier molecular flexibility index (Phi) is 4.11. The molecule has 0 unspecified atom stereocenters. The number of aromatic nitrogens is 1. The van der Waals surface area contributed by atoms with Crippen molar-refractivity contribution in [1.29, 1.82) is 0 Å². The molecule has 0 atom stereocenters. The number of thioether (sulfide) groups is 1. The molecule has 4 heteroatoms. The largest absolute Gasteiger partial charge is 0.322 e. The van der Waals surface area contributed by atoms with Crippen molar-refractivity contribution >= 4 is 34.3 Å². The fraction of sp³-hybridized carbons (Fsp3) is 0.111. The summed E-state index contributed by atoms with van der Waals surface area (Å²) in [6.45, 7) is 1.97. The first-order chi connectivity index (χ1) is 10.7. The Hall–Kier alpha value is -2.33. The molecule has 0 aliphatic carbocycles. The van der Waals surface area contributed by atoms with Crippen LogP contribution in [-0.2, 0) is 0 Å². The SMILES string of the molecule is CSc1ccccc1C(=O)Nc1ccc2nc(C)ccc2c1. The third kappa shape index (κ3) is 2.97. The number of carbonyl (C=O) groups is 1. The van der Waals surface area contributed by atoms with Gasteiger partial charge in [-0.25, -0.2) is 0 Å². The van der Waals surface area contributed by atoms with E-state index < -0.39 is 0 Å². The zero-order valence-electron chi connectivity index (χ0n) is 12.5. The molecule has 110 valence electrons. The van der Waals surface area contributed by atoms with E-state index in [-0.39, 0.29) is 5.91 Å². The number of aryl methyl sites for hydroxylation is 1. The van der Waals surface area contributed by atoms with Crippen LogP contribution in [0.4, 0.5) is 5.69 Å². The topological polar surface area (TPSA) is 42.0 Å². The molecule has 3 nitrogen and oxygen atoms in total. The molecule has 2 aromatic carbocycles. The standard InChI is InChI=1S/C18H16N2OS/c1-12-7-8-13-11-14(9-10-16(13)19-12)20-18(21)15-5-3-4-6-17(15)22-2/h3-11H,1-2H3,(H,20,21). The summed E-state index contributed by atoms with van der Waals surface area (Å²) in [4.78, 5) is 17.9. The molecule has 0 aliphatic heterocycles. The highest BCUT2D eigenvalue weighted by Gasteiger charge is 2.10. The second kappa shape index (κ2) is 6.20. The number of benzene rings is 2. The Bertz CT molecular complexity index is 845. The van der Waals surface area contributed by atoms with Gasteiger partial charge in [0.15, 0.2) is 0 Å². The predicted octanol–water partition coefficient (Wildman–Crippen LogP) is 4.52. The maximum atomic E-state index is 12.4. The maximum Gasteiger partial charge on any atom is 0.256 e. The van der Waals surface area contributed by atoms with E-state index in [0.717, 1.165) is 27.2 Å². The van der Waals surface area contributed by atoms with Crippen LogP contribution in [0.2, 0.25) is 0 Å². The molecule has 1 heterocycles. The quantitative estimate of drug-likeness (QED) is 0.723. The second-order valence-electron chi connectivity index (χ2n) is 5.01. The van der Waals surface area contributed by atoms with Gasteiger partial charge in [0, 0.05) is 21.7 Å². The molecule has 0 saturated heterocycles. The summed E-state index contributed by atoms with van der Waals surface area (Å²) in [5.74, 6) is -0.0932. The Morgan fingerprint density at radius 1 is 1.09 bits per heavy atom. The number of anilines is 1. The minimum atomic E-state index is -0.0932. The number of amides is 1. The van der Waals surface area contributed by atoms with Gasteiger partial charge in [0.1, 0.15) is 0 Å². The normalized spacial score (nSPS) is 10.6. The van der Waals surface area contributed by atoms with Crippen LogP contribution < -0.4 is 5.32 Å². The van der Waals surface area contributed by atoms with Gasteiger partial charge in [-0.15, -0.1) is 11.8 Å². The molecular weight excluding hydrogens is 292 g/mol. The highest BCUT2D eigenvalue weighted by Crippen LogP contribution is 2.22. The lowest BCUT2D eigenvalue weighted by Crippen LogP contribution is -2.12. The van der Waals surface area contributed by atoms with Crippen molar-refractivity contribution in [3.05, 3.63) is 65.9 Å².